The summed E-state index contributed by atoms with van der Waals surface area (Å²) >= 11 is 0. The molecule has 0 radical (unpaired) electrons. The van der Waals surface area contributed by atoms with Crippen LogP contribution in [0.1, 0.15) is 0 Å². The van der Waals surface area contributed by atoms with Gasteiger partial charge >= 0.3 is 23.1 Å². The van der Waals surface area contributed by atoms with Crippen LogP contribution in [0.25, 0.3) is 0 Å². The van der Waals surface area contributed by atoms with Crippen LogP contribution in [0.4, 0.5) is 0 Å². The fraction of sp³-hybridized carbons (Fsp3) is 0. The molecule has 0 aliphatic carbocycles. The molecule has 0 aromatic heterocycles. The predicted molar refractivity (Wildman–Crippen MR) is 18.5 cm³/mol. The van der Waals surface area contributed by atoms with Gasteiger partial charge in [0.05, 0.1) is 0 Å². The Bertz CT molecular complexity index is 8.00. The van der Waals surface area contributed by atoms with E-state index in [4.69, 9.17) is 0 Å². The van der Waals surface area contributed by atoms with Crippen molar-refractivity contribution in [1.82, 2.24) is 0 Å². The summed E-state index contributed by atoms with van der Waals surface area (Å²) in [5, 5.41) is 0. The fourth-order valence-electron chi connectivity index (χ4n) is 0. The second kappa shape index (κ2) is 16.4. The van der Waals surface area contributed by atoms with Gasteiger partial charge in [0.2, 0.25) is 0 Å². The third kappa shape index (κ3) is 8.96. The molecule has 0 aromatic rings. The topological polar surface area (TPSA) is 0 Å². The third-order valence-electron chi connectivity index (χ3n) is 0. The quantitative estimate of drug-likeness (QED) is 0.433. The number of hydrogen-bond donors (Lipinski definition) is 0. The minimum absolute atomic E-state index is 0. The van der Waals surface area contributed by atoms with Crippen molar-refractivity contribution in [3.8, 4) is 0 Å². The molecule has 4 heavy (non-hydrogen) atoms. The van der Waals surface area contributed by atoms with Crippen LogP contribution in [0.5, 0.6) is 0 Å². The number of rotatable bonds is 0. The van der Waals surface area contributed by atoms with Gasteiger partial charge < -0.3 is 0 Å². The molecule has 0 spiro atoms. The normalized spacial score (nSPS) is 0. The van der Waals surface area contributed by atoms with E-state index in [9.17, 15) is 0 Å². The molecule has 0 N–H and O–H groups in total. The molecule has 0 bridgehead atoms. The SMILES string of the molecule is [AlH3].[Ce].[Fe].[MgH2]. The molecule has 0 atom stereocenters. The van der Waals surface area contributed by atoms with E-state index < -0.39 is 0 Å². The predicted octanol–water partition coefficient (Wildman–Crippen LogP) is -2.10. The van der Waals surface area contributed by atoms with Crippen molar-refractivity contribution in [2.24, 2.45) is 0 Å². The number of hydrogen-bond acceptors (Lipinski definition) is 0. The molecular weight excluding hydrogens is 247 g/mol. The van der Waals surface area contributed by atoms with Crippen LogP contribution in [0.2, 0.25) is 0 Å². The van der Waals surface area contributed by atoms with Crippen LogP contribution in [-0.4, -0.2) is 40.4 Å². The van der Waals surface area contributed by atoms with Gasteiger partial charge in [-0.05, 0) is 0 Å². The van der Waals surface area contributed by atoms with Gasteiger partial charge in [-0.2, -0.15) is 0 Å². The van der Waals surface area contributed by atoms with Gasteiger partial charge in [-0.15, -0.1) is 0 Å². The van der Waals surface area contributed by atoms with Crippen LogP contribution < -0.4 is 0 Å². The first-order chi connectivity index (χ1) is 0. The molecule has 0 saturated heterocycles. The first-order valence-corrected chi connectivity index (χ1v) is 0. The summed E-state index contributed by atoms with van der Waals surface area (Å²) in [6.45, 7) is 0. The Morgan fingerprint density at radius 2 is 1.00 bits per heavy atom. The van der Waals surface area contributed by atoms with Crippen LogP contribution in [0.15, 0.2) is 0 Å². The van der Waals surface area contributed by atoms with E-state index in [-0.39, 0.29) is 99.2 Å². The zero-order valence-corrected chi connectivity index (χ0v) is 5.10. The second-order valence-electron chi connectivity index (χ2n) is 0. The Morgan fingerprint density at radius 3 is 1.00 bits per heavy atom. The summed E-state index contributed by atoms with van der Waals surface area (Å²) in [5.41, 5.74) is 0. The maximum Gasteiger partial charge on any atom is 0.316 e. The zero-order valence-electron chi connectivity index (χ0n) is 0.854. The van der Waals surface area contributed by atoms with Gasteiger partial charge in [-0.1, -0.05) is 0 Å². The molecule has 0 rings (SSSR count). The molecule has 0 saturated carbocycles. The first-order valence-electron chi connectivity index (χ1n) is 0. The van der Waals surface area contributed by atoms with Gasteiger partial charge in [0.25, 0.3) is 0 Å². The van der Waals surface area contributed by atoms with E-state index in [1.54, 1.807) is 0 Å². The minimum Gasteiger partial charge on any atom is 0 e. The standard InChI is InChI=1S/Al.Ce.Fe.Mg.5H. The maximum atomic E-state index is 0. The van der Waals surface area contributed by atoms with Crippen molar-refractivity contribution in [1.29, 1.82) is 0 Å². The molecule has 22 valence electrons. The van der Waals surface area contributed by atoms with Crippen molar-refractivity contribution < 1.29 is 58.8 Å². The smallest absolute Gasteiger partial charge is 0 e. The van der Waals surface area contributed by atoms with Crippen molar-refractivity contribution >= 4 is 40.4 Å². The van der Waals surface area contributed by atoms with Crippen molar-refractivity contribution in [3.05, 3.63) is 0 Å². The minimum atomic E-state index is 0. The van der Waals surface area contributed by atoms with Crippen LogP contribution in [0.3, 0.4) is 0 Å². The monoisotopic (exact) mass is 252 g/mol. The average Bonchev–Trinajstić information content (AvgIpc) is 0. The van der Waals surface area contributed by atoms with Gasteiger partial charge in [-0.3, -0.25) is 0 Å². The van der Waals surface area contributed by atoms with Crippen molar-refractivity contribution in [2.75, 3.05) is 0 Å². The Labute approximate surface area is 97.0 Å². The summed E-state index contributed by atoms with van der Waals surface area (Å²) < 4.78 is 0. The molecule has 0 aliphatic heterocycles. The van der Waals surface area contributed by atoms with Crippen LogP contribution >= 0.6 is 0 Å². The molecule has 0 fully saturated rings. The maximum absolute atomic E-state index is 0. The van der Waals surface area contributed by atoms with Crippen LogP contribution in [-0.2, 0) is 17.1 Å². The van der Waals surface area contributed by atoms with Crippen molar-refractivity contribution in [3.63, 3.8) is 0 Å². The molecule has 0 heterocycles. The summed E-state index contributed by atoms with van der Waals surface area (Å²) in [6.07, 6.45) is 0. The Balaban J connectivity index is 0. The summed E-state index contributed by atoms with van der Waals surface area (Å²) in [5.74, 6) is 0. The molecular formula is H5AlCeFeMg. The summed E-state index contributed by atoms with van der Waals surface area (Å²) in [6, 6.07) is 0. The largest absolute Gasteiger partial charge is 0.316 e. The van der Waals surface area contributed by atoms with Gasteiger partial charge in [0, 0.05) is 58.8 Å². The molecule has 4 heteroatoms. The summed E-state index contributed by atoms with van der Waals surface area (Å²) in [4.78, 5) is 0. The third-order valence-corrected chi connectivity index (χ3v) is 0. The molecule has 0 nitrogen and oxygen atoms in total. The van der Waals surface area contributed by atoms with Gasteiger partial charge in [-0.25, -0.2) is 0 Å². The molecule has 0 aromatic carbocycles. The van der Waals surface area contributed by atoms with Crippen molar-refractivity contribution in [2.45, 2.75) is 0 Å². The average molecular weight is 252 g/mol. The Morgan fingerprint density at radius 1 is 1.00 bits per heavy atom. The van der Waals surface area contributed by atoms with E-state index in [2.05, 4.69) is 0 Å². The van der Waals surface area contributed by atoms with E-state index in [1.807, 2.05) is 0 Å². The Kier molecular flexibility index (Phi) is 111. The van der Waals surface area contributed by atoms with Gasteiger partial charge in [0.15, 0.2) is 17.4 Å². The summed E-state index contributed by atoms with van der Waals surface area (Å²) in [7, 11) is 0. The van der Waals surface area contributed by atoms with Gasteiger partial charge in [0.1, 0.15) is 0 Å². The molecule has 0 aliphatic rings. The molecule has 0 amide bonds. The molecule has 0 unspecified atom stereocenters. The van der Waals surface area contributed by atoms with E-state index >= 15 is 0 Å². The Hall–Kier alpha value is 3.19. The van der Waals surface area contributed by atoms with Crippen LogP contribution in [0, 0.1) is 41.7 Å². The van der Waals surface area contributed by atoms with E-state index in [0.29, 0.717) is 0 Å². The second-order valence-corrected chi connectivity index (χ2v) is 0. The fourth-order valence-corrected chi connectivity index (χ4v) is 0. The zero-order chi connectivity index (χ0) is 0. The van der Waals surface area contributed by atoms with E-state index in [1.165, 1.54) is 0 Å². The first kappa shape index (κ1) is 27.1. The van der Waals surface area contributed by atoms with E-state index in [0.717, 1.165) is 0 Å².